The molecule has 140 valence electrons. The van der Waals surface area contributed by atoms with Gasteiger partial charge in [0.2, 0.25) is 0 Å². The first-order valence-corrected chi connectivity index (χ1v) is 10.4. The first-order valence-electron chi connectivity index (χ1n) is 10.4. The number of hydrogen-bond acceptors (Lipinski definition) is 4. The van der Waals surface area contributed by atoms with Gasteiger partial charge in [0.25, 0.3) is 0 Å². The minimum Gasteiger partial charge on any atom is -0.367 e. The van der Waals surface area contributed by atoms with Gasteiger partial charge < -0.3 is 10.2 Å². The van der Waals surface area contributed by atoms with Crippen molar-refractivity contribution < 1.29 is 0 Å². The van der Waals surface area contributed by atoms with Crippen molar-refractivity contribution in [2.24, 2.45) is 5.41 Å². The summed E-state index contributed by atoms with van der Waals surface area (Å²) in [5.41, 5.74) is 2.31. The van der Waals surface area contributed by atoms with E-state index in [4.69, 9.17) is 6.57 Å². The third kappa shape index (κ3) is 3.39. The molecule has 1 spiro atoms. The van der Waals surface area contributed by atoms with Crippen LogP contribution in [0, 0.1) is 12.0 Å². The Hall–Kier alpha value is -2.19. The fourth-order valence-corrected chi connectivity index (χ4v) is 5.05. The molecular weight excluding hydrogens is 334 g/mol. The summed E-state index contributed by atoms with van der Waals surface area (Å²) in [4.78, 5) is 15.1. The third-order valence-electron chi connectivity index (χ3n) is 7.12. The fourth-order valence-electron chi connectivity index (χ4n) is 5.05. The zero-order valence-corrected chi connectivity index (χ0v) is 15.8. The predicted molar refractivity (Wildman–Crippen MR) is 108 cm³/mol. The number of hydrogen-bond donors (Lipinski definition) is 1. The first kappa shape index (κ1) is 16.9. The molecule has 2 aromatic rings. The topological polar surface area (TPSA) is 45.4 Å². The number of likely N-dealkylation sites (tertiary alicyclic amines) is 1. The Bertz CT molecular complexity index is 864. The van der Waals surface area contributed by atoms with Crippen LogP contribution in [0.4, 0.5) is 11.5 Å². The number of rotatable bonds is 3. The first-order chi connectivity index (χ1) is 13.2. The van der Waals surface area contributed by atoms with Gasteiger partial charge in [-0.25, -0.2) is 14.8 Å². The zero-order chi connectivity index (χ0) is 18.3. The molecule has 27 heavy (non-hydrogen) atoms. The summed E-state index contributed by atoms with van der Waals surface area (Å²) in [7, 11) is 0. The molecule has 0 bridgehead atoms. The normalized spacial score (nSPS) is 27.4. The minimum absolute atomic E-state index is 0.468. The van der Waals surface area contributed by atoms with E-state index in [-0.39, 0.29) is 0 Å². The van der Waals surface area contributed by atoms with Crippen molar-refractivity contribution in [3.05, 3.63) is 35.9 Å². The van der Waals surface area contributed by atoms with Gasteiger partial charge in [0, 0.05) is 17.5 Å². The molecule has 2 heterocycles. The van der Waals surface area contributed by atoms with Gasteiger partial charge in [0.15, 0.2) is 5.69 Å². The van der Waals surface area contributed by atoms with Crippen molar-refractivity contribution in [2.45, 2.75) is 63.5 Å². The lowest BCUT2D eigenvalue weighted by Gasteiger charge is -2.41. The number of anilines is 1. The summed E-state index contributed by atoms with van der Waals surface area (Å²) < 4.78 is 0. The maximum absolute atomic E-state index is 7.25. The Morgan fingerprint density at radius 2 is 1.81 bits per heavy atom. The molecule has 3 fully saturated rings. The Labute approximate surface area is 161 Å². The number of benzene rings is 1. The van der Waals surface area contributed by atoms with Crippen molar-refractivity contribution in [1.82, 2.24) is 14.9 Å². The highest BCUT2D eigenvalue weighted by Crippen LogP contribution is 2.54. The van der Waals surface area contributed by atoms with E-state index in [1.165, 1.54) is 64.5 Å². The second-order valence-electron chi connectivity index (χ2n) is 8.72. The van der Waals surface area contributed by atoms with Crippen LogP contribution in [0.5, 0.6) is 0 Å². The van der Waals surface area contributed by atoms with Crippen LogP contribution in [0.25, 0.3) is 15.7 Å². The van der Waals surface area contributed by atoms with Crippen LogP contribution in [0.3, 0.4) is 0 Å². The lowest BCUT2D eigenvalue weighted by molar-refractivity contribution is 0.0975. The Morgan fingerprint density at radius 3 is 2.52 bits per heavy atom. The van der Waals surface area contributed by atoms with Gasteiger partial charge in [-0.2, -0.15) is 0 Å². The van der Waals surface area contributed by atoms with Crippen molar-refractivity contribution in [3.63, 3.8) is 0 Å². The molecule has 0 amide bonds. The highest BCUT2D eigenvalue weighted by molar-refractivity contribution is 5.91. The van der Waals surface area contributed by atoms with Gasteiger partial charge in [-0.3, -0.25) is 0 Å². The van der Waals surface area contributed by atoms with Gasteiger partial charge in [-0.1, -0.05) is 6.07 Å². The molecule has 0 unspecified atom stereocenters. The van der Waals surface area contributed by atoms with E-state index >= 15 is 0 Å². The molecule has 5 heteroatoms. The SMILES string of the molecule is [C-]#[N+]c1ccc2ncnc(NC3CCC(N4CCC5(CC4)CC5)CC3)c2c1. The second-order valence-corrected chi connectivity index (χ2v) is 8.72. The van der Waals surface area contributed by atoms with Crippen LogP contribution in [0.1, 0.15) is 51.4 Å². The largest absolute Gasteiger partial charge is 0.367 e. The highest BCUT2D eigenvalue weighted by Gasteiger charge is 2.45. The monoisotopic (exact) mass is 361 g/mol. The van der Waals surface area contributed by atoms with Crippen molar-refractivity contribution >= 4 is 22.4 Å². The summed E-state index contributed by atoms with van der Waals surface area (Å²) in [6.45, 7) is 9.89. The fraction of sp³-hybridized carbons (Fsp3) is 0.591. The van der Waals surface area contributed by atoms with Crippen molar-refractivity contribution in [3.8, 4) is 0 Å². The quantitative estimate of drug-likeness (QED) is 0.799. The Balaban J connectivity index is 1.22. The zero-order valence-electron chi connectivity index (χ0n) is 15.8. The number of fused-ring (bicyclic) bond motifs is 1. The molecule has 0 radical (unpaired) electrons. The molecule has 2 saturated carbocycles. The summed E-state index contributed by atoms with van der Waals surface area (Å²) in [6, 6.07) is 6.88. The number of piperidine rings is 1. The highest BCUT2D eigenvalue weighted by atomic mass is 15.2. The second kappa shape index (κ2) is 6.76. The maximum atomic E-state index is 7.25. The molecule has 0 atom stereocenters. The molecular formula is C22H27N5. The van der Waals surface area contributed by atoms with Crippen LogP contribution in [-0.4, -0.2) is 40.0 Å². The maximum Gasteiger partial charge on any atom is 0.188 e. The van der Waals surface area contributed by atoms with Gasteiger partial charge >= 0.3 is 0 Å². The van der Waals surface area contributed by atoms with E-state index in [1.54, 1.807) is 6.33 Å². The van der Waals surface area contributed by atoms with E-state index in [9.17, 15) is 0 Å². The van der Waals surface area contributed by atoms with E-state index < -0.39 is 0 Å². The predicted octanol–water partition coefficient (Wildman–Crippen LogP) is 4.78. The van der Waals surface area contributed by atoms with E-state index in [1.807, 2.05) is 18.2 Å². The van der Waals surface area contributed by atoms with Crippen LogP contribution in [-0.2, 0) is 0 Å². The summed E-state index contributed by atoms with van der Waals surface area (Å²) in [6.07, 6.45) is 12.4. The van der Waals surface area contributed by atoms with Crippen LogP contribution in [0.2, 0.25) is 0 Å². The molecule has 1 aliphatic heterocycles. The molecule has 1 aromatic carbocycles. The molecule has 1 saturated heterocycles. The van der Waals surface area contributed by atoms with Gasteiger partial charge in [-0.05, 0) is 82.0 Å². The molecule has 1 N–H and O–H groups in total. The van der Waals surface area contributed by atoms with E-state index in [0.717, 1.165) is 28.2 Å². The standard InChI is InChI=1S/C22H27N5/c1-23-17-4-7-20-19(14-17)21(25-15-24-20)26-16-2-5-18(6-3-16)27-12-10-22(8-9-22)11-13-27/h4,7,14-16,18H,2-3,5-6,8-13H2,(H,24,25,26). The summed E-state index contributed by atoms with van der Waals surface area (Å²) in [5.74, 6) is 0.877. The van der Waals surface area contributed by atoms with Crippen molar-refractivity contribution in [2.75, 3.05) is 18.4 Å². The summed E-state index contributed by atoms with van der Waals surface area (Å²) >= 11 is 0. The van der Waals surface area contributed by atoms with Crippen LogP contribution < -0.4 is 5.32 Å². The average molecular weight is 361 g/mol. The molecule has 5 nitrogen and oxygen atoms in total. The van der Waals surface area contributed by atoms with Crippen LogP contribution in [0.15, 0.2) is 24.5 Å². The summed E-state index contributed by atoms with van der Waals surface area (Å²) in [5, 5.41) is 4.61. The van der Waals surface area contributed by atoms with Gasteiger partial charge in [0.05, 0.1) is 12.1 Å². The van der Waals surface area contributed by atoms with Crippen molar-refractivity contribution in [1.29, 1.82) is 0 Å². The lowest BCUT2D eigenvalue weighted by atomic mass is 9.86. The molecule has 1 aromatic heterocycles. The molecule has 3 aliphatic rings. The average Bonchev–Trinajstić information content (AvgIpc) is 3.48. The van der Waals surface area contributed by atoms with Gasteiger partial charge in [0.1, 0.15) is 12.1 Å². The Morgan fingerprint density at radius 1 is 1.04 bits per heavy atom. The van der Waals surface area contributed by atoms with E-state index in [0.29, 0.717) is 11.7 Å². The lowest BCUT2D eigenvalue weighted by Crippen LogP contribution is -2.45. The smallest absolute Gasteiger partial charge is 0.188 e. The number of nitrogens with zero attached hydrogens (tertiary/aromatic N) is 4. The third-order valence-corrected chi connectivity index (χ3v) is 7.12. The number of nitrogens with one attached hydrogen (secondary N) is 1. The van der Waals surface area contributed by atoms with Gasteiger partial charge in [-0.15, -0.1) is 0 Å². The molecule has 2 aliphatic carbocycles. The van der Waals surface area contributed by atoms with E-state index in [2.05, 4.69) is 25.0 Å². The molecule has 5 rings (SSSR count). The minimum atomic E-state index is 0.468. The van der Waals surface area contributed by atoms with Crippen LogP contribution >= 0.6 is 0 Å². The number of aromatic nitrogens is 2. The Kier molecular flexibility index (Phi) is 4.24.